The van der Waals surface area contributed by atoms with Crippen LogP contribution in [0.25, 0.3) is 0 Å². The SMILES string of the molecule is CCNc1ccc(Cl)c(Cn2cnc([N+](=O)[O-])n2)n1. The number of aromatic nitrogens is 4. The Bertz CT molecular complexity index is 599. The van der Waals surface area contributed by atoms with Gasteiger partial charge in [0, 0.05) is 11.6 Å². The van der Waals surface area contributed by atoms with Gasteiger partial charge in [0.05, 0.1) is 10.7 Å². The summed E-state index contributed by atoms with van der Waals surface area (Å²) in [5, 5.41) is 17.7. The quantitative estimate of drug-likeness (QED) is 0.662. The molecule has 2 aromatic rings. The molecule has 0 fully saturated rings. The van der Waals surface area contributed by atoms with Gasteiger partial charge in [0.25, 0.3) is 0 Å². The van der Waals surface area contributed by atoms with Crippen LogP contribution in [0.5, 0.6) is 0 Å². The van der Waals surface area contributed by atoms with Crippen molar-refractivity contribution in [2.24, 2.45) is 0 Å². The van der Waals surface area contributed by atoms with Crippen LogP contribution in [0.1, 0.15) is 12.6 Å². The molecule has 2 heterocycles. The maximum absolute atomic E-state index is 10.5. The maximum atomic E-state index is 10.5. The van der Waals surface area contributed by atoms with Crippen LogP contribution in [0.3, 0.4) is 0 Å². The fourth-order valence-electron chi connectivity index (χ4n) is 1.47. The smallest absolute Gasteiger partial charge is 0.390 e. The number of hydrogen-bond acceptors (Lipinski definition) is 6. The zero-order chi connectivity index (χ0) is 13.8. The third-order valence-electron chi connectivity index (χ3n) is 2.28. The molecule has 0 saturated carbocycles. The van der Waals surface area contributed by atoms with E-state index in [1.54, 1.807) is 12.1 Å². The first-order valence-corrected chi connectivity index (χ1v) is 5.91. The van der Waals surface area contributed by atoms with Crippen molar-refractivity contribution in [2.45, 2.75) is 13.5 Å². The van der Waals surface area contributed by atoms with Gasteiger partial charge in [0.2, 0.25) is 6.33 Å². The topological polar surface area (TPSA) is 98.8 Å². The summed E-state index contributed by atoms with van der Waals surface area (Å²) in [5.41, 5.74) is 0.569. The number of nitrogens with zero attached hydrogens (tertiary/aromatic N) is 5. The van der Waals surface area contributed by atoms with Gasteiger partial charge >= 0.3 is 5.95 Å². The van der Waals surface area contributed by atoms with Crippen molar-refractivity contribution < 1.29 is 4.92 Å². The van der Waals surface area contributed by atoms with Crippen molar-refractivity contribution in [1.82, 2.24) is 19.7 Å². The van der Waals surface area contributed by atoms with Gasteiger partial charge in [-0.15, -0.1) is 0 Å². The third-order valence-corrected chi connectivity index (χ3v) is 2.62. The molecule has 100 valence electrons. The molecule has 0 saturated heterocycles. The maximum Gasteiger partial charge on any atom is 0.490 e. The summed E-state index contributed by atoms with van der Waals surface area (Å²) < 4.78 is 1.32. The van der Waals surface area contributed by atoms with Gasteiger partial charge in [0.15, 0.2) is 0 Å². The molecule has 0 aliphatic rings. The second-order valence-corrected chi connectivity index (χ2v) is 4.06. The minimum absolute atomic E-state index is 0.221. The number of nitrogens with one attached hydrogen (secondary N) is 1. The molecule has 0 spiro atoms. The first-order chi connectivity index (χ1) is 9.10. The molecule has 2 aromatic heterocycles. The first-order valence-electron chi connectivity index (χ1n) is 5.53. The average molecular weight is 283 g/mol. The zero-order valence-electron chi connectivity index (χ0n) is 10.1. The van der Waals surface area contributed by atoms with Crippen molar-refractivity contribution in [2.75, 3.05) is 11.9 Å². The lowest BCUT2D eigenvalue weighted by Crippen LogP contribution is -2.06. The Hall–Kier alpha value is -2.22. The molecular weight excluding hydrogens is 272 g/mol. The van der Waals surface area contributed by atoms with Gasteiger partial charge < -0.3 is 15.4 Å². The molecular formula is C10H11ClN6O2. The minimum atomic E-state index is -0.652. The van der Waals surface area contributed by atoms with E-state index in [0.29, 0.717) is 16.5 Å². The highest BCUT2D eigenvalue weighted by Gasteiger charge is 2.14. The standard InChI is InChI=1S/C10H11ClN6O2/c1-2-12-9-4-3-7(11)8(14-9)5-16-6-13-10(15-16)17(18)19/h3-4,6H,2,5H2,1H3,(H,12,14). The van der Waals surface area contributed by atoms with Gasteiger partial charge in [0.1, 0.15) is 12.4 Å². The van der Waals surface area contributed by atoms with E-state index in [1.165, 1.54) is 11.0 Å². The van der Waals surface area contributed by atoms with Gasteiger partial charge in [-0.2, -0.15) is 4.68 Å². The van der Waals surface area contributed by atoms with E-state index in [0.717, 1.165) is 6.54 Å². The Kier molecular flexibility index (Phi) is 3.91. The van der Waals surface area contributed by atoms with Crippen LogP contribution in [0.2, 0.25) is 5.02 Å². The second kappa shape index (κ2) is 5.61. The van der Waals surface area contributed by atoms with Crippen LogP contribution >= 0.6 is 11.6 Å². The van der Waals surface area contributed by atoms with E-state index in [1.807, 2.05) is 6.92 Å². The molecule has 19 heavy (non-hydrogen) atoms. The normalized spacial score (nSPS) is 10.4. The highest BCUT2D eigenvalue weighted by atomic mass is 35.5. The van der Waals surface area contributed by atoms with Gasteiger partial charge in [-0.1, -0.05) is 16.6 Å². The predicted molar refractivity (Wildman–Crippen MR) is 69.2 cm³/mol. The number of rotatable bonds is 5. The Morgan fingerprint density at radius 3 is 2.95 bits per heavy atom. The van der Waals surface area contributed by atoms with Crippen LogP contribution in [-0.4, -0.2) is 31.2 Å². The number of pyridine rings is 1. The van der Waals surface area contributed by atoms with Crippen molar-refractivity contribution in [3.05, 3.63) is 39.3 Å². The van der Waals surface area contributed by atoms with Gasteiger partial charge in [-0.25, -0.2) is 4.98 Å². The number of anilines is 1. The number of hydrogen-bond donors (Lipinski definition) is 1. The van der Waals surface area contributed by atoms with E-state index < -0.39 is 10.9 Å². The predicted octanol–water partition coefficient (Wildman–Crippen LogP) is 1.71. The summed E-state index contributed by atoms with van der Waals surface area (Å²) in [6, 6.07) is 3.48. The lowest BCUT2D eigenvalue weighted by molar-refractivity contribution is -0.394. The summed E-state index contributed by atoms with van der Waals surface area (Å²) >= 11 is 6.03. The largest absolute Gasteiger partial charge is 0.490 e. The Balaban J connectivity index is 2.21. The molecule has 8 nitrogen and oxygen atoms in total. The summed E-state index contributed by atoms with van der Waals surface area (Å²) in [6.45, 7) is 2.92. The summed E-state index contributed by atoms with van der Waals surface area (Å²) in [6.07, 6.45) is 1.27. The fourth-order valence-corrected chi connectivity index (χ4v) is 1.64. The van der Waals surface area contributed by atoms with E-state index in [9.17, 15) is 10.1 Å². The zero-order valence-corrected chi connectivity index (χ0v) is 10.8. The van der Waals surface area contributed by atoms with Gasteiger partial charge in [-0.3, -0.25) is 0 Å². The second-order valence-electron chi connectivity index (χ2n) is 3.65. The van der Waals surface area contributed by atoms with E-state index in [-0.39, 0.29) is 6.54 Å². The fraction of sp³-hybridized carbons (Fsp3) is 0.300. The Morgan fingerprint density at radius 1 is 1.53 bits per heavy atom. The molecule has 0 amide bonds. The van der Waals surface area contributed by atoms with E-state index >= 15 is 0 Å². The lowest BCUT2D eigenvalue weighted by Gasteiger charge is -2.06. The minimum Gasteiger partial charge on any atom is -0.390 e. The Labute approximate surface area is 113 Å². The lowest BCUT2D eigenvalue weighted by atomic mass is 10.3. The average Bonchev–Trinajstić information content (AvgIpc) is 2.82. The van der Waals surface area contributed by atoms with Crippen LogP contribution in [0.4, 0.5) is 11.8 Å². The highest BCUT2D eigenvalue weighted by Crippen LogP contribution is 2.17. The molecule has 2 rings (SSSR count). The van der Waals surface area contributed by atoms with Crippen LogP contribution in [0.15, 0.2) is 18.5 Å². The molecule has 0 radical (unpaired) electrons. The molecule has 0 bridgehead atoms. The summed E-state index contributed by atoms with van der Waals surface area (Å²) in [7, 11) is 0. The van der Waals surface area contributed by atoms with Crippen molar-refractivity contribution in [3.63, 3.8) is 0 Å². The van der Waals surface area contributed by atoms with Crippen molar-refractivity contribution in [1.29, 1.82) is 0 Å². The number of nitro groups is 1. The van der Waals surface area contributed by atoms with Crippen LogP contribution in [-0.2, 0) is 6.54 Å². The molecule has 1 N–H and O–H groups in total. The third kappa shape index (κ3) is 3.16. The summed E-state index contributed by atoms with van der Waals surface area (Å²) in [4.78, 5) is 17.7. The van der Waals surface area contributed by atoms with E-state index in [2.05, 4.69) is 20.4 Å². The van der Waals surface area contributed by atoms with Crippen molar-refractivity contribution >= 4 is 23.4 Å². The Morgan fingerprint density at radius 2 is 2.32 bits per heavy atom. The molecule has 0 atom stereocenters. The number of halogens is 1. The first kappa shape index (κ1) is 13.2. The van der Waals surface area contributed by atoms with Crippen molar-refractivity contribution in [3.8, 4) is 0 Å². The molecule has 0 aliphatic carbocycles. The molecule has 9 heteroatoms. The van der Waals surface area contributed by atoms with Gasteiger partial charge in [-0.05, 0) is 24.0 Å². The van der Waals surface area contributed by atoms with E-state index in [4.69, 9.17) is 11.6 Å². The van der Waals surface area contributed by atoms with Crippen LogP contribution in [0, 0.1) is 10.1 Å². The molecule has 0 aromatic carbocycles. The molecule has 0 aliphatic heterocycles. The van der Waals surface area contributed by atoms with Crippen LogP contribution < -0.4 is 5.32 Å². The molecule has 0 unspecified atom stereocenters. The summed E-state index contributed by atoms with van der Waals surface area (Å²) in [5.74, 6) is 0.246. The highest BCUT2D eigenvalue weighted by molar-refractivity contribution is 6.31. The monoisotopic (exact) mass is 282 g/mol.